The zero-order chi connectivity index (χ0) is 24.3. The molecule has 0 atom stereocenters. The van der Waals surface area contributed by atoms with Crippen LogP contribution in [0.3, 0.4) is 0 Å². The molecule has 0 unspecified atom stereocenters. The summed E-state index contributed by atoms with van der Waals surface area (Å²) >= 11 is 0. The Kier molecular flexibility index (Phi) is 6.97. The quantitative estimate of drug-likeness (QED) is 0.648. The Balaban J connectivity index is 1.34. The second-order valence-electron chi connectivity index (χ2n) is 8.72. The van der Waals surface area contributed by atoms with E-state index in [1.165, 1.54) is 12.1 Å². The van der Waals surface area contributed by atoms with Gasteiger partial charge in [0.1, 0.15) is 13.2 Å². The van der Waals surface area contributed by atoms with Crippen LogP contribution in [0.4, 0.5) is 5.69 Å². The highest BCUT2D eigenvalue weighted by atomic mass is 32.2. The molecule has 0 aromatic heterocycles. The smallest absolute Gasteiger partial charge is 0.262 e. The molecule has 2 aromatic rings. The van der Waals surface area contributed by atoms with E-state index in [9.17, 15) is 18.0 Å². The number of ether oxygens (including phenoxy) is 2. The van der Waals surface area contributed by atoms with Crippen LogP contribution in [-0.4, -0.2) is 57.5 Å². The van der Waals surface area contributed by atoms with Crippen molar-refractivity contribution in [2.24, 2.45) is 5.92 Å². The molecule has 0 aliphatic carbocycles. The van der Waals surface area contributed by atoms with Crippen molar-refractivity contribution in [3.05, 3.63) is 48.0 Å². The summed E-state index contributed by atoms with van der Waals surface area (Å²) in [6.45, 7) is 5.81. The van der Waals surface area contributed by atoms with E-state index >= 15 is 0 Å². The van der Waals surface area contributed by atoms with Crippen LogP contribution in [0.1, 0.15) is 37.0 Å². The zero-order valence-electron chi connectivity index (χ0n) is 19.2. The number of anilines is 1. The maximum absolute atomic E-state index is 12.8. The van der Waals surface area contributed by atoms with Gasteiger partial charge in [-0.25, -0.2) is 8.42 Å². The molecule has 182 valence electrons. The number of amides is 2. The van der Waals surface area contributed by atoms with Crippen LogP contribution < -0.4 is 19.5 Å². The molecule has 10 heteroatoms. The van der Waals surface area contributed by atoms with Crippen molar-refractivity contribution in [3.63, 3.8) is 0 Å². The first-order chi connectivity index (χ1) is 16.2. The fraction of sp³-hybridized carbons (Fsp3) is 0.417. The molecule has 4 rings (SSSR count). The zero-order valence-corrected chi connectivity index (χ0v) is 20.1. The SMILES string of the molecule is CC(C)C(=O)N1CCC(NC(=O)c2ccc(NS(=O)(=O)c3ccc4c(c3)OCCO4)cc2)CC1. The van der Waals surface area contributed by atoms with Crippen molar-refractivity contribution in [3.8, 4) is 11.5 Å². The maximum Gasteiger partial charge on any atom is 0.262 e. The first-order valence-electron chi connectivity index (χ1n) is 11.3. The molecule has 0 radical (unpaired) electrons. The minimum atomic E-state index is -3.84. The molecule has 0 bridgehead atoms. The number of rotatable bonds is 6. The fourth-order valence-corrected chi connectivity index (χ4v) is 5.05. The van der Waals surface area contributed by atoms with Crippen LogP contribution >= 0.6 is 0 Å². The lowest BCUT2D eigenvalue weighted by molar-refractivity contribution is -0.135. The lowest BCUT2D eigenvalue weighted by Crippen LogP contribution is -2.47. The van der Waals surface area contributed by atoms with Crippen LogP contribution in [0.2, 0.25) is 0 Å². The Morgan fingerprint density at radius 1 is 0.971 bits per heavy atom. The van der Waals surface area contributed by atoms with Crippen LogP contribution in [0.25, 0.3) is 0 Å². The molecular weight excluding hydrogens is 458 g/mol. The molecular formula is C24H29N3O6S. The van der Waals surface area contributed by atoms with Crippen LogP contribution in [-0.2, 0) is 14.8 Å². The molecule has 2 amide bonds. The lowest BCUT2D eigenvalue weighted by Gasteiger charge is -2.33. The maximum atomic E-state index is 12.8. The summed E-state index contributed by atoms with van der Waals surface area (Å²) in [4.78, 5) is 26.6. The van der Waals surface area contributed by atoms with Gasteiger partial charge in [0.05, 0.1) is 4.90 Å². The van der Waals surface area contributed by atoms with Gasteiger partial charge in [-0.05, 0) is 49.2 Å². The van der Waals surface area contributed by atoms with E-state index in [1.54, 1.807) is 30.3 Å². The second kappa shape index (κ2) is 9.92. The number of piperidine rings is 1. The highest BCUT2D eigenvalue weighted by Gasteiger charge is 2.25. The number of fused-ring (bicyclic) bond motifs is 1. The Morgan fingerprint density at radius 3 is 2.26 bits per heavy atom. The van der Waals surface area contributed by atoms with Crippen molar-refractivity contribution < 1.29 is 27.5 Å². The Morgan fingerprint density at radius 2 is 1.62 bits per heavy atom. The van der Waals surface area contributed by atoms with Crippen LogP contribution in [0, 0.1) is 5.92 Å². The highest BCUT2D eigenvalue weighted by Crippen LogP contribution is 2.32. The number of carbonyl (C=O) groups is 2. The highest BCUT2D eigenvalue weighted by molar-refractivity contribution is 7.92. The number of benzene rings is 2. The number of likely N-dealkylation sites (tertiary alicyclic amines) is 1. The fourth-order valence-electron chi connectivity index (χ4n) is 3.97. The minimum absolute atomic E-state index is 0.00269. The van der Waals surface area contributed by atoms with E-state index in [0.29, 0.717) is 61.9 Å². The number of nitrogens with zero attached hydrogens (tertiary/aromatic N) is 1. The molecule has 2 aliphatic heterocycles. The van der Waals surface area contributed by atoms with Crippen molar-refractivity contribution in [2.75, 3.05) is 31.0 Å². The molecule has 9 nitrogen and oxygen atoms in total. The molecule has 1 saturated heterocycles. The van der Waals surface area contributed by atoms with Crippen molar-refractivity contribution in [1.82, 2.24) is 10.2 Å². The van der Waals surface area contributed by atoms with Crippen LogP contribution in [0.15, 0.2) is 47.4 Å². The topological polar surface area (TPSA) is 114 Å². The van der Waals surface area contributed by atoms with E-state index in [2.05, 4.69) is 10.0 Å². The lowest BCUT2D eigenvalue weighted by atomic mass is 10.0. The second-order valence-corrected chi connectivity index (χ2v) is 10.4. The average molecular weight is 488 g/mol. The summed E-state index contributed by atoms with van der Waals surface area (Å²) in [5.74, 6) is 0.781. The largest absolute Gasteiger partial charge is 0.486 e. The summed E-state index contributed by atoms with van der Waals surface area (Å²) in [5.41, 5.74) is 0.773. The van der Waals surface area contributed by atoms with Crippen LogP contribution in [0.5, 0.6) is 11.5 Å². The van der Waals surface area contributed by atoms with E-state index in [0.717, 1.165) is 0 Å². The normalized spacial score (nSPS) is 16.3. The van der Waals surface area contributed by atoms with E-state index in [1.807, 2.05) is 18.7 Å². The Hall–Kier alpha value is -3.27. The number of hydrogen-bond donors (Lipinski definition) is 2. The van der Waals surface area contributed by atoms with Gasteiger partial charge >= 0.3 is 0 Å². The van der Waals surface area contributed by atoms with E-state index < -0.39 is 10.0 Å². The number of hydrogen-bond acceptors (Lipinski definition) is 6. The summed E-state index contributed by atoms with van der Waals surface area (Å²) in [7, 11) is -3.84. The van der Waals surface area contributed by atoms with Gasteiger partial charge < -0.3 is 19.7 Å². The summed E-state index contributed by atoms with van der Waals surface area (Å²) in [6.07, 6.45) is 1.41. The van der Waals surface area contributed by atoms with Gasteiger partial charge in [0.2, 0.25) is 5.91 Å². The minimum Gasteiger partial charge on any atom is -0.486 e. The van der Waals surface area contributed by atoms with Crippen molar-refractivity contribution in [2.45, 2.75) is 37.6 Å². The molecule has 0 spiro atoms. The molecule has 2 N–H and O–H groups in total. The van der Waals surface area contributed by atoms with E-state index in [-0.39, 0.29) is 28.7 Å². The third kappa shape index (κ3) is 5.44. The molecule has 34 heavy (non-hydrogen) atoms. The van der Waals surface area contributed by atoms with Gasteiger partial charge in [-0.15, -0.1) is 0 Å². The van der Waals surface area contributed by atoms with Gasteiger partial charge in [0, 0.05) is 42.4 Å². The number of sulfonamides is 1. The molecule has 2 aliphatic rings. The number of carbonyl (C=O) groups excluding carboxylic acids is 2. The van der Waals surface area contributed by atoms with Gasteiger partial charge in [-0.1, -0.05) is 13.8 Å². The van der Waals surface area contributed by atoms with Gasteiger partial charge in [0.25, 0.3) is 15.9 Å². The Labute approximate surface area is 199 Å². The van der Waals surface area contributed by atoms with Crippen molar-refractivity contribution >= 4 is 27.5 Å². The molecule has 1 fully saturated rings. The molecule has 2 heterocycles. The summed E-state index contributed by atoms with van der Waals surface area (Å²) < 4.78 is 39.0. The third-order valence-corrected chi connectivity index (χ3v) is 7.24. The molecule has 2 aromatic carbocycles. The summed E-state index contributed by atoms with van der Waals surface area (Å²) in [5, 5.41) is 3.01. The van der Waals surface area contributed by atoms with Gasteiger partial charge in [0.15, 0.2) is 11.5 Å². The predicted molar refractivity (Wildman–Crippen MR) is 127 cm³/mol. The first-order valence-corrected chi connectivity index (χ1v) is 12.8. The summed E-state index contributed by atoms with van der Waals surface area (Å²) in [6, 6.07) is 10.7. The van der Waals surface area contributed by atoms with Crippen molar-refractivity contribution in [1.29, 1.82) is 0 Å². The number of nitrogens with one attached hydrogen (secondary N) is 2. The van der Waals surface area contributed by atoms with Gasteiger partial charge in [-0.3, -0.25) is 14.3 Å². The van der Waals surface area contributed by atoms with Gasteiger partial charge in [-0.2, -0.15) is 0 Å². The average Bonchev–Trinajstić information content (AvgIpc) is 2.84. The Bertz CT molecular complexity index is 1160. The standard InChI is InChI=1S/C24H29N3O6S/c1-16(2)24(29)27-11-9-18(10-12-27)25-23(28)17-3-5-19(6-4-17)26-34(30,31)20-7-8-21-22(15-20)33-14-13-32-21/h3-8,15-16,18,26H,9-14H2,1-2H3,(H,25,28). The first kappa shape index (κ1) is 23.9. The molecule has 0 saturated carbocycles. The predicted octanol–water partition coefficient (Wildman–Crippen LogP) is 2.64. The third-order valence-electron chi connectivity index (χ3n) is 5.86. The monoisotopic (exact) mass is 487 g/mol. The van der Waals surface area contributed by atoms with E-state index in [4.69, 9.17) is 9.47 Å².